The van der Waals surface area contributed by atoms with E-state index in [2.05, 4.69) is 22.8 Å². The van der Waals surface area contributed by atoms with Crippen LogP contribution in [0.3, 0.4) is 0 Å². The van der Waals surface area contributed by atoms with Gasteiger partial charge in [0.25, 0.3) is 5.91 Å². The molecule has 1 aliphatic heterocycles. The molecule has 1 aliphatic carbocycles. The molecule has 3 N–H and O–H groups in total. The Kier molecular flexibility index (Phi) is 10.5. The number of aliphatic hydroxyl groups excluding tert-OH is 1. The van der Waals surface area contributed by atoms with Gasteiger partial charge in [-0.25, -0.2) is 9.59 Å². The van der Waals surface area contributed by atoms with E-state index < -0.39 is 48.2 Å². The van der Waals surface area contributed by atoms with Crippen LogP contribution in [0.2, 0.25) is 0 Å². The molecule has 51 heavy (non-hydrogen) atoms. The fourth-order valence-corrected chi connectivity index (χ4v) is 7.21. The Bertz CT molecular complexity index is 1840. The number of ether oxygens (including phenoxy) is 1. The van der Waals surface area contributed by atoms with Gasteiger partial charge in [0.05, 0.1) is 12.1 Å². The van der Waals surface area contributed by atoms with Gasteiger partial charge in [0, 0.05) is 13.0 Å². The highest BCUT2D eigenvalue weighted by Gasteiger charge is 2.49. The summed E-state index contributed by atoms with van der Waals surface area (Å²) in [6.07, 6.45) is -2.05. The lowest BCUT2D eigenvalue weighted by Crippen LogP contribution is -2.57. The maximum Gasteiger partial charge on any atom is 0.407 e. The van der Waals surface area contributed by atoms with E-state index in [0.29, 0.717) is 5.56 Å². The van der Waals surface area contributed by atoms with Crippen LogP contribution in [0.5, 0.6) is 0 Å². The smallest absolute Gasteiger partial charge is 0.407 e. The first-order chi connectivity index (χ1) is 24.6. The third kappa shape index (κ3) is 7.23. The molecular formula is C41H44N4O6. The van der Waals surface area contributed by atoms with Crippen LogP contribution in [-0.4, -0.2) is 70.6 Å². The molecule has 10 heteroatoms. The molecule has 1 heterocycles. The van der Waals surface area contributed by atoms with E-state index in [-0.39, 0.29) is 30.9 Å². The SMILES string of the molecule is CC(C)C[C@H](NC(=O)OCC1c2ccccc2-c2ccccc21)C(=O)N[C@@H](C(=O)N1C(=O)N(C)[C@H](C)[C@@H]1c1ccccc1)[C@@H](O)c1ccccc1. The number of hydrogen-bond donors (Lipinski definition) is 3. The highest BCUT2D eigenvalue weighted by atomic mass is 16.5. The second-order valence-corrected chi connectivity index (χ2v) is 13.7. The summed E-state index contributed by atoms with van der Waals surface area (Å²) in [7, 11) is 1.62. The van der Waals surface area contributed by atoms with Crippen molar-refractivity contribution in [2.45, 2.75) is 63.4 Å². The van der Waals surface area contributed by atoms with Gasteiger partial charge in [-0.15, -0.1) is 0 Å². The number of fused-ring (bicyclic) bond motifs is 3. The van der Waals surface area contributed by atoms with E-state index in [1.807, 2.05) is 87.5 Å². The van der Waals surface area contributed by atoms with Crippen LogP contribution in [0.4, 0.5) is 9.59 Å². The molecule has 0 spiro atoms. The molecule has 5 atom stereocenters. The molecule has 0 saturated carbocycles. The summed E-state index contributed by atoms with van der Waals surface area (Å²) in [5, 5.41) is 17.1. The Hall–Kier alpha value is -5.48. The van der Waals surface area contributed by atoms with Crippen LogP contribution in [0.25, 0.3) is 11.1 Å². The van der Waals surface area contributed by atoms with Crippen molar-refractivity contribution in [2.75, 3.05) is 13.7 Å². The first kappa shape index (κ1) is 35.3. The number of alkyl carbamates (subject to hydrolysis) is 1. The summed E-state index contributed by atoms with van der Waals surface area (Å²) >= 11 is 0. The first-order valence-electron chi connectivity index (χ1n) is 17.4. The number of nitrogens with zero attached hydrogens (tertiary/aromatic N) is 2. The Morgan fingerprint density at radius 2 is 1.35 bits per heavy atom. The van der Waals surface area contributed by atoms with Crippen molar-refractivity contribution >= 4 is 23.9 Å². The number of imide groups is 1. The molecule has 0 aromatic heterocycles. The minimum atomic E-state index is -1.55. The van der Waals surface area contributed by atoms with E-state index in [0.717, 1.165) is 32.7 Å². The monoisotopic (exact) mass is 688 g/mol. The lowest BCUT2D eigenvalue weighted by Gasteiger charge is -2.31. The third-order valence-electron chi connectivity index (χ3n) is 9.91. The fraction of sp³-hybridized carbons (Fsp3) is 0.317. The van der Waals surface area contributed by atoms with Crippen LogP contribution in [-0.2, 0) is 14.3 Å². The number of aliphatic hydroxyl groups is 1. The molecule has 264 valence electrons. The average Bonchev–Trinajstić information content (AvgIpc) is 3.58. The number of benzene rings is 4. The number of carbonyl (C=O) groups excluding carboxylic acids is 4. The number of rotatable bonds is 11. The molecule has 0 bridgehead atoms. The molecule has 6 rings (SSSR count). The molecular weight excluding hydrogens is 644 g/mol. The van der Waals surface area contributed by atoms with Crippen molar-refractivity contribution in [1.82, 2.24) is 20.4 Å². The maximum absolute atomic E-state index is 14.5. The number of nitrogens with one attached hydrogen (secondary N) is 2. The largest absolute Gasteiger partial charge is 0.449 e. The second kappa shape index (κ2) is 15.2. The third-order valence-corrected chi connectivity index (χ3v) is 9.91. The molecule has 4 aromatic carbocycles. The maximum atomic E-state index is 14.5. The number of urea groups is 1. The van der Waals surface area contributed by atoms with Gasteiger partial charge in [-0.1, -0.05) is 123 Å². The number of likely N-dealkylation sites (N-methyl/N-ethyl adjacent to an activating group) is 1. The molecule has 0 unspecified atom stereocenters. The highest BCUT2D eigenvalue weighted by Crippen LogP contribution is 2.44. The molecule has 4 aromatic rings. The lowest BCUT2D eigenvalue weighted by molar-refractivity contribution is -0.139. The Morgan fingerprint density at radius 3 is 1.94 bits per heavy atom. The number of amides is 5. The summed E-state index contributed by atoms with van der Waals surface area (Å²) in [5.41, 5.74) is 5.43. The van der Waals surface area contributed by atoms with Gasteiger partial charge in [0.1, 0.15) is 24.8 Å². The zero-order valence-electron chi connectivity index (χ0n) is 29.2. The van der Waals surface area contributed by atoms with Crippen LogP contribution < -0.4 is 10.6 Å². The minimum Gasteiger partial charge on any atom is -0.449 e. The van der Waals surface area contributed by atoms with Crippen molar-refractivity contribution < 1.29 is 29.0 Å². The summed E-state index contributed by atoms with van der Waals surface area (Å²) in [6, 6.07) is 29.5. The molecule has 1 saturated heterocycles. The van der Waals surface area contributed by atoms with Gasteiger partial charge >= 0.3 is 12.1 Å². The summed E-state index contributed by atoms with van der Waals surface area (Å²) in [4.78, 5) is 58.1. The van der Waals surface area contributed by atoms with Crippen molar-refractivity contribution in [1.29, 1.82) is 0 Å². The zero-order valence-corrected chi connectivity index (χ0v) is 29.2. The average molecular weight is 689 g/mol. The normalized spacial score (nSPS) is 18.5. The van der Waals surface area contributed by atoms with Crippen molar-refractivity contribution in [3.8, 4) is 11.1 Å². The standard InChI is InChI=1S/C41H44N4O6/c1-25(2)23-34(42-40(49)51-24-33-31-21-13-11-19-29(31)30-20-12-14-22-32(30)33)38(47)43-35(37(46)28-17-9-6-10-18-28)39(48)45-36(26(3)44(4)41(45)50)27-15-7-5-8-16-27/h5-22,25-26,33-37,46H,23-24H2,1-4H3,(H,42,49)(H,43,47)/t26-,34+,35-,36-,37+/m1/s1. The van der Waals surface area contributed by atoms with Crippen molar-refractivity contribution in [3.63, 3.8) is 0 Å². The Balaban J connectivity index is 1.23. The van der Waals surface area contributed by atoms with E-state index in [1.165, 1.54) is 4.90 Å². The van der Waals surface area contributed by atoms with E-state index >= 15 is 0 Å². The predicted octanol–water partition coefficient (Wildman–Crippen LogP) is 6.18. The number of carbonyl (C=O) groups is 4. The molecule has 1 fully saturated rings. The summed E-state index contributed by atoms with van der Waals surface area (Å²) < 4.78 is 5.75. The van der Waals surface area contributed by atoms with Gasteiger partial charge in [-0.3, -0.25) is 14.5 Å². The van der Waals surface area contributed by atoms with Crippen LogP contribution in [0.1, 0.15) is 67.5 Å². The topological polar surface area (TPSA) is 128 Å². The van der Waals surface area contributed by atoms with Crippen LogP contribution >= 0.6 is 0 Å². The highest BCUT2D eigenvalue weighted by molar-refractivity contribution is 6.01. The minimum absolute atomic E-state index is 0.0278. The second-order valence-electron chi connectivity index (χ2n) is 13.7. The van der Waals surface area contributed by atoms with E-state index in [9.17, 15) is 24.3 Å². The van der Waals surface area contributed by atoms with Gasteiger partial charge in [0.2, 0.25) is 5.91 Å². The lowest BCUT2D eigenvalue weighted by atomic mass is 9.96. The van der Waals surface area contributed by atoms with Gasteiger partial charge < -0.3 is 25.4 Å². The first-order valence-corrected chi connectivity index (χ1v) is 17.4. The van der Waals surface area contributed by atoms with Crippen molar-refractivity contribution in [3.05, 3.63) is 131 Å². The van der Waals surface area contributed by atoms with E-state index in [4.69, 9.17) is 4.74 Å². The molecule has 5 amide bonds. The fourth-order valence-electron chi connectivity index (χ4n) is 7.21. The molecule has 10 nitrogen and oxygen atoms in total. The summed E-state index contributed by atoms with van der Waals surface area (Å²) in [6.45, 7) is 5.73. The predicted molar refractivity (Wildman–Crippen MR) is 193 cm³/mol. The van der Waals surface area contributed by atoms with E-state index in [1.54, 1.807) is 37.4 Å². The van der Waals surface area contributed by atoms with Gasteiger partial charge in [-0.05, 0) is 52.6 Å². The summed E-state index contributed by atoms with van der Waals surface area (Å²) in [5.74, 6) is -1.64. The van der Waals surface area contributed by atoms with Crippen LogP contribution in [0.15, 0.2) is 109 Å². The zero-order chi connectivity index (χ0) is 36.2. The Labute approximate surface area is 298 Å². The molecule has 0 radical (unpaired) electrons. The quantitative estimate of drug-likeness (QED) is 0.173. The van der Waals surface area contributed by atoms with Gasteiger partial charge in [-0.2, -0.15) is 0 Å². The van der Waals surface area contributed by atoms with Crippen LogP contribution in [0, 0.1) is 5.92 Å². The van der Waals surface area contributed by atoms with Gasteiger partial charge in [0.15, 0.2) is 0 Å². The number of hydrogen-bond acceptors (Lipinski definition) is 6. The molecule has 2 aliphatic rings. The van der Waals surface area contributed by atoms with Crippen molar-refractivity contribution in [2.24, 2.45) is 5.92 Å². The Morgan fingerprint density at radius 1 is 0.804 bits per heavy atom.